The number of amides is 1. The molecule has 0 aliphatic heterocycles. The van der Waals surface area contributed by atoms with E-state index in [1.807, 2.05) is 57.4 Å². The Kier molecular flexibility index (Phi) is 5.88. The smallest absolute Gasteiger partial charge is 0.229 e. The van der Waals surface area contributed by atoms with Crippen LogP contribution in [0.1, 0.15) is 23.6 Å². The van der Waals surface area contributed by atoms with Crippen LogP contribution < -0.4 is 16.0 Å². The van der Waals surface area contributed by atoms with Crippen LogP contribution in [0.25, 0.3) is 11.3 Å². The molecular formula is C20H24N6O2. The van der Waals surface area contributed by atoms with Crippen LogP contribution in [0.2, 0.25) is 0 Å². The molecule has 0 saturated heterocycles. The quantitative estimate of drug-likeness (QED) is 0.647. The van der Waals surface area contributed by atoms with Gasteiger partial charge in [0.15, 0.2) is 5.82 Å². The van der Waals surface area contributed by atoms with E-state index >= 15 is 0 Å². The molecule has 3 aromatic rings. The van der Waals surface area contributed by atoms with Crippen molar-refractivity contribution < 1.29 is 9.21 Å². The second kappa shape index (κ2) is 8.51. The monoisotopic (exact) mass is 380 g/mol. The van der Waals surface area contributed by atoms with Gasteiger partial charge in [-0.05, 0) is 19.1 Å². The fourth-order valence-corrected chi connectivity index (χ4v) is 2.59. The first-order chi connectivity index (χ1) is 13.4. The Morgan fingerprint density at radius 1 is 1.11 bits per heavy atom. The van der Waals surface area contributed by atoms with E-state index in [2.05, 4.69) is 20.3 Å². The molecule has 2 aromatic heterocycles. The van der Waals surface area contributed by atoms with Gasteiger partial charge in [-0.15, -0.1) is 0 Å². The average molecular weight is 380 g/mol. The first-order valence-electron chi connectivity index (χ1n) is 9.01. The molecule has 146 valence electrons. The number of aryl methyl sites for hydroxylation is 2. The lowest BCUT2D eigenvalue weighted by Crippen LogP contribution is -2.25. The van der Waals surface area contributed by atoms with E-state index in [9.17, 15) is 4.79 Å². The summed E-state index contributed by atoms with van der Waals surface area (Å²) in [5.74, 6) is 2.46. The highest BCUT2D eigenvalue weighted by atomic mass is 16.3. The maximum absolute atomic E-state index is 12.1. The van der Waals surface area contributed by atoms with E-state index in [-0.39, 0.29) is 18.4 Å². The maximum atomic E-state index is 12.1. The summed E-state index contributed by atoms with van der Waals surface area (Å²) in [4.78, 5) is 26.2. The Hall–Kier alpha value is -3.42. The molecule has 0 aliphatic rings. The number of nitrogen functional groups attached to an aromatic ring is 1. The molecule has 2 heterocycles. The number of hydrogen-bond acceptors (Lipinski definition) is 7. The average Bonchev–Trinajstić information content (AvgIpc) is 3.14. The Labute approximate surface area is 163 Å². The van der Waals surface area contributed by atoms with Crippen molar-refractivity contribution in [1.82, 2.24) is 20.3 Å². The number of anilines is 2. The fraction of sp³-hybridized carbons (Fsp3) is 0.300. The fourth-order valence-electron chi connectivity index (χ4n) is 2.59. The van der Waals surface area contributed by atoms with E-state index in [0.717, 1.165) is 17.1 Å². The molecule has 3 rings (SSSR count). The molecule has 8 heteroatoms. The maximum Gasteiger partial charge on any atom is 0.229 e. The van der Waals surface area contributed by atoms with Crippen molar-refractivity contribution in [2.75, 3.05) is 24.7 Å². The molecule has 1 amide bonds. The molecule has 0 fully saturated rings. The third-order valence-electron chi connectivity index (χ3n) is 4.13. The summed E-state index contributed by atoms with van der Waals surface area (Å²) in [5.41, 5.74) is 7.90. The molecule has 8 nitrogen and oxygen atoms in total. The van der Waals surface area contributed by atoms with Gasteiger partial charge in [0.1, 0.15) is 11.5 Å². The van der Waals surface area contributed by atoms with Crippen molar-refractivity contribution in [3.8, 4) is 11.3 Å². The molecule has 0 atom stereocenters. The number of nitrogens with two attached hydrogens (primary N) is 1. The van der Waals surface area contributed by atoms with Crippen molar-refractivity contribution in [3.05, 3.63) is 53.5 Å². The van der Waals surface area contributed by atoms with Gasteiger partial charge in [0, 0.05) is 32.5 Å². The van der Waals surface area contributed by atoms with Crippen LogP contribution in [0.3, 0.4) is 0 Å². The lowest BCUT2D eigenvalue weighted by atomic mass is 10.1. The number of carbonyl (C=O) groups is 1. The molecule has 0 unspecified atom stereocenters. The zero-order valence-corrected chi connectivity index (χ0v) is 16.3. The number of aromatic nitrogens is 3. The molecule has 0 saturated carbocycles. The van der Waals surface area contributed by atoms with E-state index in [1.54, 1.807) is 4.90 Å². The Bertz CT molecular complexity index is 950. The van der Waals surface area contributed by atoms with Gasteiger partial charge >= 0.3 is 0 Å². The second-order valence-corrected chi connectivity index (χ2v) is 6.71. The van der Waals surface area contributed by atoms with Crippen LogP contribution in [0.15, 0.2) is 40.8 Å². The first kappa shape index (κ1) is 19.3. The summed E-state index contributed by atoms with van der Waals surface area (Å²) in [6.45, 7) is 2.24. The van der Waals surface area contributed by atoms with Gasteiger partial charge in [0.2, 0.25) is 17.8 Å². The highest BCUT2D eigenvalue weighted by Crippen LogP contribution is 2.23. The number of hydrogen-bond donors (Lipinski definition) is 2. The van der Waals surface area contributed by atoms with E-state index < -0.39 is 0 Å². The van der Waals surface area contributed by atoms with Crippen LogP contribution in [0.5, 0.6) is 0 Å². The predicted molar refractivity (Wildman–Crippen MR) is 108 cm³/mol. The van der Waals surface area contributed by atoms with Gasteiger partial charge < -0.3 is 20.4 Å². The van der Waals surface area contributed by atoms with Crippen molar-refractivity contribution in [2.45, 2.75) is 26.3 Å². The van der Waals surface area contributed by atoms with Crippen LogP contribution in [-0.4, -0.2) is 35.0 Å². The van der Waals surface area contributed by atoms with Crippen molar-refractivity contribution in [3.63, 3.8) is 0 Å². The van der Waals surface area contributed by atoms with Gasteiger partial charge in [-0.1, -0.05) is 29.8 Å². The Balaban J connectivity index is 1.52. The number of nitrogens with one attached hydrogen (secondary N) is 1. The third-order valence-corrected chi connectivity index (χ3v) is 4.13. The molecule has 28 heavy (non-hydrogen) atoms. The summed E-state index contributed by atoms with van der Waals surface area (Å²) in [6, 6.07) is 12.0. The third kappa shape index (κ3) is 5.06. The van der Waals surface area contributed by atoms with E-state index in [1.165, 1.54) is 5.56 Å². The Morgan fingerprint density at radius 2 is 1.86 bits per heavy atom. The number of furan rings is 1. The van der Waals surface area contributed by atoms with E-state index in [4.69, 9.17) is 10.2 Å². The highest BCUT2D eigenvalue weighted by Gasteiger charge is 2.10. The van der Waals surface area contributed by atoms with E-state index in [0.29, 0.717) is 24.6 Å². The van der Waals surface area contributed by atoms with Crippen LogP contribution in [0, 0.1) is 6.92 Å². The number of nitrogens with zero attached hydrogens (tertiary/aromatic N) is 4. The standard InChI is InChI=1S/C20H24N6O2/c1-13-4-6-14(7-5-13)16-10-8-15(28-16)9-11-18(27)22-12-17-23-19(21)25-20(24-17)26(2)3/h4-8,10H,9,11-12H2,1-3H3,(H,22,27)(H2,21,23,24,25). The van der Waals surface area contributed by atoms with Crippen LogP contribution >= 0.6 is 0 Å². The normalized spacial score (nSPS) is 10.7. The lowest BCUT2D eigenvalue weighted by Gasteiger charge is -2.11. The highest BCUT2D eigenvalue weighted by molar-refractivity contribution is 5.76. The number of rotatable bonds is 7. The summed E-state index contributed by atoms with van der Waals surface area (Å²) >= 11 is 0. The minimum absolute atomic E-state index is 0.112. The zero-order valence-electron chi connectivity index (χ0n) is 16.3. The largest absolute Gasteiger partial charge is 0.461 e. The summed E-state index contributed by atoms with van der Waals surface area (Å²) in [6.07, 6.45) is 0.821. The molecule has 0 bridgehead atoms. The molecule has 3 N–H and O–H groups in total. The predicted octanol–water partition coefficient (Wildman–Crippen LogP) is 2.34. The minimum Gasteiger partial charge on any atom is -0.461 e. The lowest BCUT2D eigenvalue weighted by molar-refractivity contribution is -0.121. The van der Waals surface area contributed by atoms with Gasteiger partial charge in [0.05, 0.1) is 6.54 Å². The summed E-state index contributed by atoms with van der Waals surface area (Å²) in [7, 11) is 3.62. The van der Waals surface area contributed by atoms with Gasteiger partial charge in [-0.3, -0.25) is 4.79 Å². The topological polar surface area (TPSA) is 110 Å². The minimum atomic E-state index is -0.112. The molecular weight excluding hydrogens is 356 g/mol. The molecule has 0 radical (unpaired) electrons. The van der Waals surface area contributed by atoms with Crippen molar-refractivity contribution >= 4 is 17.8 Å². The van der Waals surface area contributed by atoms with Gasteiger partial charge in [-0.25, -0.2) is 0 Å². The van der Waals surface area contributed by atoms with Gasteiger partial charge in [0.25, 0.3) is 0 Å². The summed E-state index contributed by atoms with van der Waals surface area (Å²) in [5, 5.41) is 2.80. The molecule has 1 aromatic carbocycles. The van der Waals surface area contributed by atoms with Crippen LogP contribution in [0.4, 0.5) is 11.9 Å². The van der Waals surface area contributed by atoms with Crippen molar-refractivity contribution in [2.24, 2.45) is 0 Å². The molecule has 0 aliphatic carbocycles. The SMILES string of the molecule is Cc1ccc(-c2ccc(CCC(=O)NCc3nc(N)nc(N(C)C)n3)o2)cc1. The first-order valence-corrected chi connectivity index (χ1v) is 9.01. The zero-order chi connectivity index (χ0) is 20.1. The van der Waals surface area contributed by atoms with Gasteiger partial charge in [-0.2, -0.15) is 15.0 Å². The van der Waals surface area contributed by atoms with Crippen LogP contribution in [-0.2, 0) is 17.8 Å². The number of carbonyl (C=O) groups excluding carboxylic acids is 1. The molecule has 0 spiro atoms. The Morgan fingerprint density at radius 3 is 2.57 bits per heavy atom. The van der Waals surface area contributed by atoms with Crippen molar-refractivity contribution in [1.29, 1.82) is 0 Å². The number of benzene rings is 1. The second-order valence-electron chi connectivity index (χ2n) is 6.71. The summed E-state index contributed by atoms with van der Waals surface area (Å²) < 4.78 is 5.85.